The molecule has 1 saturated carbocycles. The summed E-state index contributed by atoms with van der Waals surface area (Å²) in [4.78, 5) is 0. The molecular formula is C27H32N4. The number of anilines is 1. The number of nitrogens with one attached hydrogen (secondary N) is 1. The molecule has 2 aliphatic carbocycles. The van der Waals surface area contributed by atoms with Crippen molar-refractivity contribution >= 4 is 17.1 Å². The minimum atomic E-state index is 0.485. The Morgan fingerprint density at radius 1 is 0.903 bits per heavy atom. The van der Waals surface area contributed by atoms with Crippen LogP contribution in [0.4, 0.5) is 5.69 Å². The zero-order valence-electron chi connectivity index (χ0n) is 17.9. The fourth-order valence-corrected chi connectivity index (χ4v) is 3.26. The Kier molecular flexibility index (Phi) is 7.77. The third kappa shape index (κ3) is 7.27. The van der Waals surface area contributed by atoms with E-state index in [0.717, 1.165) is 22.7 Å². The first-order chi connectivity index (χ1) is 15.0. The smallest absolute Gasteiger partial charge is 0.101 e. The van der Waals surface area contributed by atoms with Gasteiger partial charge in [-0.3, -0.25) is 0 Å². The zero-order valence-corrected chi connectivity index (χ0v) is 17.9. The van der Waals surface area contributed by atoms with Crippen LogP contribution in [0.25, 0.3) is 11.4 Å². The Bertz CT molecular complexity index is 1010. The Morgan fingerprint density at radius 3 is 2.29 bits per heavy atom. The van der Waals surface area contributed by atoms with Crippen molar-refractivity contribution in [3.8, 4) is 0 Å². The summed E-state index contributed by atoms with van der Waals surface area (Å²) in [6, 6.07) is 17.3. The predicted octanol–water partition coefficient (Wildman–Crippen LogP) is 5.50. The molecule has 0 saturated heterocycles. The number of benzene rings is 2. The first kappa shape index (κ1) is 22.0. The standard InChI is InChI=1S/C18H20N4.C9H12/c1-13(19)15-8-5-9-16(12-15)22-18(21)11-10-17(20)14-6-3-2-4-7-14;1-2-4-8(5-3-1)9-6-7-9/h2-12,22H,1,19-21H2;2,4-5,9H,1,3,6-7H2/b17-10-,18-11+;. The summed E-state index contributed by atoms with van der Waals surface area (Å²) in [5.74, 6) is 1.44. The monoisotopic (exact) mass is 412 g/mol. The van der Waals surface area contributed by atoms with Gasteiger partial charge >= 0.3 is 0 Å². The molecule has 2 aromatic rings. The van der Waals surface area contributed by atoms with E-state index in [4.69, 9.17) is 17.2 Å². The summed E-state index contributed by atoms with van der Waals surface area (Å²) in [6.45, 7) is 3.72. The quantitative estimate of drug-likeness (QED) is 0.472. The minimum absolute atomic E-state index is 0.485. The zero-order chi connectivity index (χ0) is 22.1. The van der Waals surface area contributed by atoms with Crippen LogP contribution in [0.1, 0.15) is 36.8 Å². The molecule has 160 valence electrons. The van der Waals surface area contributed by atoms with E-state index in [0.29, 0.717) is 17.2 Å². The summed E-state index contributed by atoms with van der Waals surface area (Å²) < 4.78 is 0. The molecule has 0 aromatic heterocycles. The molecular weight excluding hydrogens is 380 g/mol. The summed E-state index contributed by atoms with van der Waals surface area (Å²) in [6.07, 6.45) is 15.9. The van der Waals surface area contributed by atoms with Crippen LogP contribution in [0.15, 0.2) is 103 Å². The lowest BCUT2D eigenvalue weighted by Gasteiger charge is -2.08. The second-order valence-corrected chi connectivity index (χ2v) is 7.80. The van der Waals surface area contributed by atoms with Crippen molar-refractivity contribution in [2.24, 2.45) is 23.1 Å². The molecule has 0 atom stereocenters. The first-order valence-corrected chi connectivity index (χ1v) is 10.7. The third-order valence-corrected chi connectivity index (χ3v) is 5.14. The van der Waals surface area contributed by atoms with Crippen molar-refractivity contribution in [3.05, 3.63) is 114 Å². The summed E-state index contributed by atoms with van der Waals surface area (Å²) >= 11 is 0. The molecule has 4 heteroatoms. The SMILES string of the molecule is C1=CC(C2CC2)=CCC1.C=C(N)c1cccc(N/C(N)=C/C=C(\N)c2ccccc2)c1. The van der Waals surface area contributed by atoms with Crippen molar-refractivity contribution in [2.45, 2.75) is 25.7 Å². The number of hydrogen-bond acceptors (Lipinski definition) is 4. The van der Waals surface area contributed by atoms with Gasteiger partial charge < -0.3 is 22.5 Å². The van der Waals surface area contributed by atoms with E-state index in [-0.39, 0.29) is 0 Å². The lowest BCUT2D eigenvalue weighted by molar-refractivity contribution is 0.950. The van der Waals surface area contributed by atoms with Crippen LogP contribution in [-0.2, 0) is 0 Å². The van der Waals surface area contributed by atoms with Crippen molar-refractivity contribution < 1.29 is 0 Å². The molecule has 0 unspecified atom stereocenters. The molecule has 0 heterocycles. The normalized spacial score (nSPS) is 16.1. The van der Waals surface area contributed by atoms with Gasteiger partial charge in [0.05, 0.1) is 0 Å². The van der Waals surface area contributed by atoms with Crippen LogP contribution in [0.2, 0.25) is 0 Å². The van der Waals surface area contributed by atoms with Gasteiger partial charge in [0.25, 0.3) is 0 Å². The molecule has 0 amide bonds. The van der Waals surface area contributed by atoms with E-state index >= 15 is 0 Å². The van der Waals surface area contributed by atoms with Gasteiger partial charge in [0.15, 0.2) is 0 Å². The van der Waals surface area contributed by atoms with Crippen molar-refractivity contribution in [3.63, 3.8) is 0 Å². The molecule has 7 N–H and O–H groups in total. The lowest BCUT2D eigenvalue weighted by Crippen LogP contribution is -2.09. The highest BCUT2D eigenvalue weighted by Gasteiger charge is 2.24. The average Bonchev–Trinajstić information content (AvgIpc) is 3.65. The van der Waals surface area contributed by atoms with Crippen LogP contribution in [-0.4, -0.2) is 0 Å². The molecule has 0 bridgehead atoms. The highest BCUT2D eigenvalue weighted by Crippen LogP contribution is 2.38. The molecule has 2 aliphatic rings. The maximum absolute atomic E-state index is 6.01. The molecule has 0 radical (unpaired) electrons. The van der Waals surface area contributed by atoms with Crippen molar-refractivity contribution in [1.82, 2.24) is 0 Å². The van der Waals surface area contributed by atoms with Gasteiger partial charge in [-0.25, -0.2) is 0 Å². The van der Waals surface area contributed by atoms with Crippen LogP contribution in [0.3, 0.4) is 0 Å². The van der Waals surface area contributed by atoms with Crippen LogP contribution in [0.5, 0.6) is 0 Å². The van der Waals surface area contributed by atoms with E-state index < -0.39 is 0 Å². The van der Waals surface area contributed by atoms with Gasteiger partial charge in [0.1, 0.15) is 5.82 Å². The fourth-order valence-electron chi connectivity index (χ4n) is 3.26. The van der Waals surface area contributed by atoms with E-state index in [2.05, 4.69) is 30.1 Å². The van der Waals surface area contributed by atoms with E-state index in [1.165, 1.54) is 25.7 Å². The van der Waals surface area contributed by atoms with Crippen LogP contribution in [0, 0.1) is 5.92 Å². The second-order valence-electron chi connectivity index (χ2n) is 7.80. The van der Waals surface area contributed by atoms with Gasteiger partial charge in [-0.1, -0.05) is 67.3 Å². The Labute approximate surface area is 185 Å². The maximum Gasteiger partial charge on any atom is 0.101 e. The largest absolute Gasteiger partial charge is 0.399 e. The first-order valence-electron chi connectivity index (χ1n) is 10.7. The molecule has 0 spiro atoms. The lowest BCUT2D eigenvalue weighted by atomic mass is 10.0. The molecule has 4 rings (SSSR count). The highest BCUT2D eigenvalue weighted by molar-refractivity contribution is 5.66. The second kappa shape index (κ2) is 10.9. The Balaban J connectivity index is 0.000000248. The predicted molar refractivity (Wildman–Crippen MR) is 133 cm³/mol. The maximum atomic E-state index is 6.01. The molecule has 31 heavy (non-hydrogen) atoms. The minimum Gasteiger partial charge on any atom is -0.399 e. The van der Waals surface area contributed by atoms with Gasteiger partial charge in [0.2, 0.25) is 0 Å². The molecule has 0 aliphatic heterocycles. The molecule has 4 nitrogen and oxygen atoms in total. The number of hydrogen-bond donors (Lipinski definition) is 4. The topological polar surface area (TPSA) is 90.1 Å². The average molecular weight is 413 g/mol. The van der Waals surface area contributed by atoms with Gasteiger partial charge in [-0.15, -0.1) is 0 Å². The van der Waals surface area contributed by atoms with E-state index in [1.54, 1.807) is 17.7 Å². The molecule has 1 fully saturated rings. The fraction of sp³-hybridized carbons (Fsp3) is 0.185. The summed E-state index contributed by atoms with van der Waals surface area (Å²) in [5, 5.41) is 3.09. The van der Waals surface area contributed by atoms with Crippen molar-refractivity contribution in [2.75, 3.05) is 5.32 Å². The van der Waals surface area contributed by atoms with Crippen LogP contribution < -0.4 is 22.5 Å². The Morgan fingerprint density at radius 2 is 1.65 bits per heavy atom. The van der Waals surface area contributed by atoms with Crippen molar-refractivity contribution in [1.29, 1.82) is 0 Å². The van der Waals surface area contributed by atoms with Crippen LogP contribution >= 0.6 is 0 Å². The third-order valence-electron chi connectivity index (χ3n) is 5.14. The number of allylic oxidation sites excluding steroid dienone is 6. The molecule has 2 aromatic carbocycles. The van der Waals surface area contributed by atoms with E-state index in [1.807, 2.05) is 54.6 Å². The summed E-state index contributed by atoms with van der Waals surface area (Å²) in [5.41, 5.74) is 23.1. The Hall–Kier alpha value is -3.66. The van der Waals surface area contributed by atoms with Gasteiger partial charge in [-0.2, -0.15) is 0 Å². The van der Waals surface area contributed by atoms with E-state index in [9.17, 15) is 0 Å². The summed E-state index contributed by atoms with van der Waals surface area (Å²) in [7, 11) is 0. The van der Waals surface area contributed by atoms with Gasteiger partial charge in [-0.05, 0) is 72.6 Å². The number of nitrogens with two attached hydrogens (primary N) is 3. The number of rotatable bonds is 6. The highest BCUT2D eigenvalue weighted by atomic mass is 15.0. The van der Waals surface area contributed by atoms with Gasteiger partial charge in [0, 0.05) is 17.1 Å².